The van der Waals surface area contributed by atoms with Gasteiger partial charge >= 0.3 is 0 Å². The Morgan fingerprint density at radius 3 is 2.54 bits per heavy atom. The van der Waals surface area contributed by atoms with Gasteiger partial charge in [-0.3, -0.25) is 9.59 Å². The van der Waals surface area contributed by atoms with E-state index in [-0.39, 0.29) is 24.0 Å². The molecule has 2 rings (SSSR count). The monoisotopic (exact) mass is 335 g/mol. The van der Waals surface area contributed by atoms with Crippen molar-refractivity contribution < 1.29 is 14.0 Å². The van der Waals surface area contributed by atoms with Crippen molar-refractivity contribution in [2.45, 2.75) is 39.2 Å². The summed E-state index contributed by atoms with van der Waals surface area (Å²) in [6.07, 6.45) is 1.74. The van der Waals surface area contributed by atoms with Gasteiger partial charge in [0.25, 0.3) is 0 Å². The number of carbonyl (C=O) groups excluding carboxylic acids is 2. The van der Waals surface area contributed by atoms with Crippen molar-refractivity contribution >= 4 is 17.5 Å². The molecule has 5 nitrogen and oxygen atoms in total. The first kappa shape index (κ1) is 18.4. The number of carbonyl (C=O) groups is 2. The van der Waals surface area contributed by atoms with Crippen LogP contribution in [0.5, 0.6) is 0 Å². The number of likely N-dealkylation sites (N-methyl/N-ethyl adjacent to an activating group) is 1. The molecule has 6 heteroatoms. The summed E-state index contributed by atoms with van der Waals surface area (Å²) >= 11 is 0. The first-order valence-corrected chi connectivity index (χ1v) is 8.45. The van der Waals surface area contributed by atoms with Gasteiger partial charge in [0.15, 0.2) is 0 Å². The number of hydrogen-bond acceptors (Lipinski definition) is 3. The molecule has 0 saturated carbocycles. The summed E-state index contributed by atoms with van der Waals surface area (Å²) in [6, 6.07) is 5.63. The number of anilines is 1. The van der Waals surface area contributed by atoms with Gasteiger partial charge < -0.3 is 15.5 Å². The van der Waals surface area contributed by atoms with Crippen LogP contribution in [0, 0.1) is 11.2 Å². The van der Waals surface area contributed by atoms with Crippen LogP contribution < -0.4 is 10.6 Å². The van der Waals surface area contributed by atoms with Crippen LogP contribution in [0.4, 0.5) is 10.1 Å². The molecule has 24 heavy (non-hydrogen) atoms. The highest BCUT2D eigenvalue weighted by Gasteiger charge is 2.43. The van der Waals surface area contributed by atoms with Gasteiger partial charge in [0, 0.05) is 20.1 Å². The molecule has 2 N–H and O–H groups in total. The van der Waals surface area contributed by atoms with E-state index < -0.39 is 17.3 Å². The van der Waals surface area contributed by atoms with Crippen LogP contribution >= 0.6 is 0 Å². The highest BCUT2D eigenvalue weighted by molar-refractivity contribution is 6.01. The lowest BCUT2D eigenvalue weighted by molar-refractivity contribution is -0.145. The normalized spacial score (nSPS) is 18.1. The smallest absolute Gasteiger partial charge is 0.249 e. The molecule has 132 valence electrons. The maximum absolute atomic E-state index is 14.0. The van der Waals surface area contributed by atoms with E-state index in [1.165, 1.54) is 15.9 Å². The lowest BCUT2D eigenvalue weighted by Gasteiger charge is -2.35. The van der Waals surface area contributed by atoms with Crippen molar-refractivity contribution in [2.24, 2.45) is 11.1 Å². The second kappa shape index (κ2) is 7.30. The molecule has 1 heterocycles. The van der Waals surface area contributed by atoms with Crippen LogP contribution in [0.1, 0.15) is 33.1 Å². The van der Waals surface area contributed by atoms with Crippen LogP contribution in [0.25, 0.3) is 0 Å². The van der Waals surface area contributed by atoms with Gasteiger partial charge in [0.1, 0.15) is 11.9 Å². The molecule has 1 atom stereocenters. The molecule has 1 aromatic rings. The Hall–Kier alpha value is -1.95. The van der Waals surface area contributed by atoms with E-state index in [2.05, 4.69) is 0 Å². The minimum atomic E-state index is -0.638. The number of amides is 2. The van der Waals surface area contributed by atoms with Crippen LogP contribution in [-0.4, -0.2) is 42.9 Å². The second-order valence-electron chi connectivity index (χ2n) is 6.35. The van der Waals surface area contributed by atoms with Crippen molar-refractivity contribution in [3.8, 4) is 0 Å². The Bertz CT molecular complexity index is 608. The summed E-state index contributed by atoms with van der Waals surface area (Å²) in [4.78, 5) is 28.6. The Morgan fingerprint density at radius 1 is 1.38 bits per heavy atom. The van der Waals surface area contributed by atoms with Crippen molar-refractivity contribution in [3.63, 3.8) is 0 Å². The van der Waals surface area contributed by atoms with Gasteiger partial charge in [0.2, 0.25) is 11.8 Å². The molecule has 1 fully saturated rings. The first-order chi connectivity index (χ1) is 11.4. The van der Waals surface area contributed by atoms with Crippen LogP contribution in [-0.2, 0) is 9.59 Å². The van der Waals surface area contributed by atoms with Gasteiger partial charge in [-0.25, -0.2) is 4.39 Å². The highest BCUT2D eigenvalue weighted by atomic mass is 19.1. The van der Waals surface area contributed by atoms with Crippen molar-refractivity contribution in [3.05, 3.63) is 30.1 Å². The molecule has 0 aliphatic carbocycles. The summed E-state index contributed by atoms with van der Waals surface area (Å²) in [6.45, 7) is 4.52. The Kier molecular flexibility index (Phi) is 5.59. The Morgan fingerprint density at radius 2 is 2.00 bits per heavy atom. The number of nitrogens with zero attached hydrogens (tertiary/aromatic N) is 2. The Labute approximate surface area is 142 Å². The third-order valence-electron chi connectivity index (χ3n) is 5.31. The molecular formula is C18H26FN3O2. The number of hydrogen-bond donors (Lipinski definition) is 1. The molecule has 1 unspecified atom stereocenters. The lowest BCUT2D eigenvalue weighted by atomic mass is 9.80. The lowest BCUT2D eigenvalue weighted by Crippen LogP contribution is -2.51. The van der Waals surface area contributed by atoms with E-state index in [1.54, 1.807) is 25.2 Å². The average Bonchev–Trinajstić information content (AvgIpc) is 2.98. The maximum Gasteiger partial charge on any atom is 0.249 e. The fourth-order valence-corrected chi connectivity index (χ4v) is 3.38. The molecular weight excluding hydrogens is 309 g/mol. The van der Waals surface area contributed by atoms with Crippen molar-refractivity contribution in [1.29, 1.82) is 0 Å². The number of nitrogens with two attached hydrogens (primary N) is 1. The predicted octanol–water partition coefficient (Wildman–Crippen LogP) is 2.15. The maximum atomic E-state index is 14.0. The molecule has 0 radical (unpaired) electrons. The quantitative estimate of drug-likeness (QED) is 0.866. The van der Waals surface area contributed by atoms with E-state index >= 15 is 0 Å². The number of benzene rings is 1. The van der Waals surface area contributed by atoms with Gasteiger partial charge in [-0.1, -0.05) is 26.0 Å². The van der Waals surface area contributed by atoms with Gasteiger partial charge in [0.05, 0.1) is 11.1 Å². The molecule has 0 spiro atoms. The largest absolute Gasteiger partial charge is 0.333 e. The van der Waals surface area contributed by atoms with Gasteiger partial charge in [-0.2, -0.15) is 0 Å². The first-order valence-electron chi connectivity index (χ1n) is 8.45. The topological polar surface area (TPSA) is 66.6 Å². The standard InChI is InChI=1S/C18H26FN3O2/c1-4-18(5-2,12-20)17(24)21(3)15-10-11-22(16(15)23)14-9-7-6-8-13(14)19/h6-9,15H,4-5,10-12,20H2,1-3H3. The number of halogens is 1. The second-order valence-corrected chi connectivity index (χ2v) is 6.35. The third-order valence-corrected chi connectivity index (χ3v) is 5.31. The molecule has 1 saturated heterocycles. The summed E-state index contributed by atoms with van der Waals surface area (Å²) in [5.41, 5.74) is 5.47. The molecule has 1 aliphatic rings. The fraction of sp³-hybridized carbons (Fsp3) is 0.556. The van der Waals surface area contributed by atoms with E-state index in [4.69, 9.17) is 5.73 Å². The van der Waals surface area contributed by atoms with E-state index in [0.29, 0.717) is 25.8 Å². The number of para-hydroxylation sites is 1. The summed E-state index contributed by atoms with van der Waals surface area (Å²) in [5.74, 6) is -0.781. The highest BCUT2D eigenvalue weighted by Crippen LogP contribution is 2.31. The zero-order valence-corrected chi connectivity index (χ0v) is 14.6. The fourth-order valence-electron chi connectivity index (χ4n) is 3.38. The van der Waals surface area contributed by atoms with Crippen molar-refractivity contribution in [1.82, 2.24) is 4.90 Å². The molecule has 0 bridgehead atoms. The van der Waals surface area contributed by atoms with Gasteiger partial charge in [-0.05, 0) is 31.4 Å². The van der Waals surface area contributed by atoms with E-state index in [9.17, 15) is 14.0 Å². The molecule has 1 aromatic carbocycles. The zero-order valence-electron chi connectivity index (χ0n) is 14.6. The molecule has 1 aliphatic heterocycles. The van der Waals surface area contributed by atoms with E-state index in [0.717, 1.165) is 0 Å². The zero-order chi connectivity index (χ0) is 17.9. The summed E-state index contributed by atoms with van der Waals surface area (Å²) in [7, 11) is 1.64. The predicted molar refractivity (Wildman–Crippen MR) is 92.0 cm³/mol. The SMILES string of the molecule is CCC(CC)(CN)C(=O)N(C)C1CCN(c2ccccc2F)C1=O. The molecule has 2 amide bonds. The summed E-state index contributed by atoms with van der Waals surface area (Å²) in [5, 5.41) is 0. The summed E-state index contributed by atoms with van der Waals surface area (Å²) < 4.78 is 14.0. The van der Waals surface area contributed by atoms with E-state index in [1.807, 2.05) is 13.8 Å². The average molecular weight is 335 g/mol. The number of rotatable bonds is 6. The minimum absolute atomic E-state index is 0.108. The molecule has 0 aromatic heterocycles. The van der Waals surface area contributed by atoms with Crippen LogP contribution in [0.15, 0.2) is 24.3 Å². The van der Waals surface area contributed by atoms with Crippen LogP contribution in [0.2, 0.25) is 0 Å². The van der Waals surface area contributed by atoms with Crippen molar-refractivity contribution in [2.75, 3.05) is 25.0 Å². The third kappa shape index (κ3) is 3.02. The minimum Gasteiger partial charge on any atom is -0.333 e. The Balaban J connectivity index is 2.21. The van der Waals surface area contributed by atoms with Gasteiger partial charge in [-0.15, -0.1) is 0 Å². The van der Waals surface area contributed by atoms with Crippen LogP contribution in [0.3, 0.4) is 0 Å².